The van der Waals surface area contributed by atoms with Crippen LogP contribution < -0.4 is 5.73 Å². The predicted molar refractivity (Wildman–Crippen MR) is 79.5 cm³/mol. The van der Waals surface area contributed by atoms with Crippen molar-refractivity contribution in [3.63, 3.8) is 0 Å². The van der Waals surface area contributed by atoms with E-state index in [4.69, 9.17) is 15.7 Å². The number of hydrogen-bond acceptors (Lipinski definition) is 4. The lowest BCUT2D eigenvalue weighted by molar-refractivity contribution is -0.0444. The van der Waals surface area contributed by atoms with Gasteiger partial charge in [-0.25, -0.2) is 0 Å². The Hall–Kier alpha value is -2.08. The van der Waals surface area contributed by atoms with Gasteiger partial charge in [-0.05, 0) is 25.5 Å². The molecule has 2 rings (SSSR count). The molecule has 6 heteroatoms. The zero-order valence-corrected chi connectivity index (χ0v) is 12.3. The summed E-state index contributed by atoms with van der Waals surface area (Å²) in [6.07, 6.45) is 0.877. The van der Waals surface area contributed by atoms with E-state index in [1.807, 2.05) is 18.7 Å². The SMILES string of the molecule is CCC1COC(C)CN1C(=O)c1cccc(C(N)=NO)c1. The second kappa shape index (κ2) is 6.58. The molecule has 6 nitrogen and oxygen atoms in total. The van der Waals surface area contributed by atoms with E-state index in [0.29, 0.717) is 24.3 Å². The third-order valence-corrected chi connectivity index (χ3v) is 3.71. The van der Waals surface area contributed by atoms with Crippen molar-refractivity contribution in [1.29, 1.82) is 0 Å². The van der Waals surface area contributed by atoms with Gasteiger partial charge >= 0.3 is 0 Å². The molecular weight excluding hydrogens is 270 g/mol. The molecule has 1 aliphatic heterocycles. The maximum Gasteiger partial charge on any atom is 0.254 e. The van der Waals surface area contributed by atoms with Crippen molar-refractivity contribution in [3.8, 4) is 0 Å². The topological polar surface area (TPSA) is 88.2 Å². The predicted octanol–water partition coefficient (Wildman–Crippen LogP) is 1.42. The summed E-state index contributed by atoms with van der Waals surface area (Å²) in [7, 11) is 0. The van der Waals surface area contributed by atoms with E-state index < -0.39 is 0 Å². The highest BCUT2D eigenvalue weighted by molar-refractivity contribution is 6.01. The second-order valence-corrected chi connectivity index (χ2v) is 5.23. The Labute approximate surface area is 124 Å². The normalized spacial score (nSPS) is 23.1. The highest BCUT2D eigenvalue weighted by Gasteiger charge is 2.30. The number of nitrogens with zero attached hydrogens (tertiary/aromatic N) is 2. The lowest BCUT2D eigenvalue weighted by Gasteiger charge is -2.38. The number of morpholine rings is 1. The first-order valence-corrected chi connectivity index (χ1v) is 7.07. The molecule has 0 aromatic heterocycles. The van der Waals surface area contributed by atoms with E-state index in [0.717, 1.165) is 6.42 Å². The average molecular weight is 291 g/mol. The molecule has 2 atom stereocenters. The van der Waals surface area contributed by atoms with Crippen LogP contribution in [0.3, 0.4) is 0 Å². The Kier molecular flexibility index (Phi) is 4.80. The minimum Gasteiger partial charge on any atom is -0.409 e. The Morgan fingerprint density at radius 3 is 2.90 bits per heavy atom. The van der Waals surface area contributed by atoms with Gasteiger partial charge in [0.25, 0.3) is 5.91 Å². The summed E-state index contributed by atoms with van der Waals surface area (Å²) in [6.45, 7) is 5.13. The highest BCUT2D eigenvalue weighted by atomic mass is 16.5. The van der Waals surface area contributed by atoms with Crippen molar-refractivity contribution in [2.45, 2.75) is 32.4 Å². The first-order chi connectivity index (χ1) is 10.1. The minimum atomic E-state index is -0.0513. The van der Waals surface area contributed by atoms with E-state index in [1.54, 1.807) is 24.3 Å². The molecule has 1 aliphatic rings. The summed E-state index contributed by atoms with van der Waals surface area (Å²) < 4.78 is 5.61. The van der Waals surface area contributed by atoms with Gasteiger partial charge < -0.3 is 20.6 Å². The van der Waals surface area contributed by atoms with Crippen LogP contribution in [0.4, 0.5) is 0 Å². The number of benzene rings is 1. The second-order valence-electron chi connectivity index (χ2n) is 5.23. The van der Waals surface area contributed by atoms with E-state index >= 15 is 0 Å². The number of ether oxygens (including phenoxy) is 1. The minimum absolute atomic E-state index is 0.00737. The lowest BCUT2D eigenvalue weighted by atomic mass is 10.1. The molecule has 21 heavy (non-hydrogen) atoms. The molecule has 1 saturated heterocycles. The van der Waals surface area contributed by atoms with Gasteiger partial charge in [-0.1, -0.05) is 24.2 Å². The fraction of sp³-hybridized carbons (Fsp3) is 0.467. The van der Waals surface area contributed by atoms with Gasteiger partial charge in [0.1, 0.15) is 0 Å². The molecular formula is C15H21N3O3. The number of hydrogen-bond donors (Lipinski definition) is 2. The Morgan fingerprint density at radius 1 is 1.52 bits per heavy atom. The molecule has 1 aromatic rings. The maximum atomic E-state index is 12.7. The van der Waals surface area contributed by atoms with Gasteiger partial charge in [0.15, 0.2) is 5.84 Å². The number of amidine groups is 1. The van der Waals surface area contributed by atoms with Crippen molar-refractivity contribution in [2.24, 2.45) is 10.9 Å². The summed E-state index contributed by atoms with van der Waals surface area (Å²) in [5, 5.41) is 11.7. The summed E-state index contributed by atoms with van der Waals surface area (Å²) in [6, 6.07) is 6.89. The van der Waals surface area contributed by atoms with Gasteiger partial charge in [-0.2, -0.15) is 0 Å². The molecule has 0 bridgehead atoms. The molecule has 0 aliphatic carbocycles. The molecule has 1 heterocycles. The van der Waals surface area contributed by atoms with Crippen LogP contribution in [0, 0.1) is 0 Å². The Bertz CT molecular complexity index is 545. The molecule has 1 amide bonds. The number of oxime groups is 1. The molecule has 0 radical (unpaired) electrons. The molecule has 0 saturated carbocycles. The van der Waals surface area contributed by atoms with Gasteiger partial charge in [0.2, 0.25) is 0 Å². The number of amides is 1. The van der Waals surface area contributed by atoms with Crippen molar-refractivity contribution in [2.75, 3.05) is 13.2 Å². The fourth-order valence-corrected chi connectivity index (χ4v) is 2.47. The third-order valence-electron chi connectivity index (χ3n) is 3.71. The molecule has 0 spiro atoms. The summed E-state index contributed by atoms with van der Waals surface area (Å²) in [5.74, 6) is -0.0587. The lowest BCUT2D eigenvalue weighted by Crippen LogP contribution is -2.51. The Balaban J connectivity index is 2.26. The largest absolute Gasteiger partial charge is 0.409 e. The number of rotatable bonds is 3. The molecule has 114 valence electrons. The van der Waals surface area contributed by atoms with Crippen LogP contribution in [-0.2, 0) is 4.74 Å². The molecule has 1 aromatic carbocycles. The summed E-state index contributed by atoms with van der Waals surface area (Å²) in [5.41, 5.74) is 6.63. The summed E-state index contributed by atoms with van der Waals surface area (Å²) in [4.78, 5) is 14.6. The highest BCUT2D eigenvalue weighted by Crippen LogP contribution is 2.18. The van der Waals surface area contributed by atoms with Crippen LogP contribution in [0.2, 0.25) is 0 Å². The van der Waals surface area contributed by atoms with Gasteiger partial charge in [-0.3, -0.25) is 4.79 Å². The van der Waals surface area contributed by atoms with Crippen molar-refractivity contribution in [3.05, 3.63) is 35.4 Å². The monoisotopic (exact) mass is 291 g/mol. The van der Waals surface area contributed by atoms with Gasteiger partial charge in [0.05, 0.1) is 18.8 Å². The number of carbonyl (C=O) groups is 1. The van der Waals surface area contributed by atoms with Crippen LogP contribution in [0.5, 0.6) is 0 Å². The average Bonchev–Trinajstić information content (AvgIpc) is 2.53. The number of carbonyl (C=O) groups excluding carboxylic acids is 1. The molecule has 1 fully saturated rings. The van der Waals surface area contributed by atoms with Gasteiger partial charge in [0, 0.05) is 17.7 Å². The quantitative estimate of drug-likeness (QED) is 0.381. The van der Waals surface area contributed by atoms with Crippen LogP contribution in [-0.4, -0.2) is 47.1 Å². The van der Waals surface area contributed by atoms with E-state index in [-0.39, 0.29) is 23.9 Å². The first kappa shape index (κ1) is 15.3. The molecule has 3 N–H and O–H groups in total. The fourth-order valence-electron chi connectivity index (χ4n) is 2.47. The van der Waals surface area contributed by atoms with E-state index in [2.05, 4.69) is 5.16 Å². The van der Waals surface area contributed by atoms with Crippen LogP contribution >= 0.6 is 0 Å². The number of nitrogens with two attached hydrogens (primary N) is 1. The van der Waals surface area contributed by atoms with Gasteiger partial charge in [-0.15, -0.1) is 0 Å². The Morgan fingerprint density at radius 2 is 2.24 bits per heavy atom. The third kappa shape index (κ3) is 3.33. The zero-order valence-electron chi connectivity index (χ0n) is 12.3. The van der Waals surface area contributed by atoms with Crippen molar-refractivity contribution < 1.29 is 14.7 Å². The van der Waals surface area contributed by atoms with E-state index in [9.17, 15) is 4.79 Å². The van der Waals surface area contributed by atoms with Crippen molar-refractivity contribution in [1.82, 2.24) is 4.90 Å². The van der Waals surface area contributed by atoms with E-state index in [1.165, 1.54) is 0 Å². The van der Waals surface area contributed by atoms with Crippen LogP contribution in [0.1, 0.15) is 36.2 Å². The zero-order chi connectivity index (χ0) is 15.4. The van der Waals surface area contributed by atoms with Crippen molar-refractivity contribution >= 4 is 11.7 Å². The van der Waals surface area contributed by atoms with Crippen LogP contribution in [0.15, 0.2) is 29.4 Å². The standard InChI is InChI=1S/C15H21N3O3/c1-3-13-9-21-10(2)8-18(13)15(19)12-6-4-5-11(7-12)14(16)17-20/h4-7,10,13,20H,3,8-9H2,1-2H3,(H2,16,17). The molecule has 2 unspecified atom stereocenters. The first-order valence-electron chi connectivity index (χ1n) is 7.07. The summed E-state index contributed by atoms with van der Waals surface area (Å²) >= 11 is 0. The van der Waals surface area contributed by atoms with Crippen LogP contribution in [0.25, 0.3) is 0 Å². The smallest absolute Gasteiger partial charge is 0.254 e. The maximum absolute atomic E-state index is 12.7.